The van der Waals surface area contributed by atoms with Crippen LogP contribution in [0.4, 0.5) is 24.9 Å². The van der Waals surface area contributed by atoms with E-state index in [1.807, 2.05) is 19.9 Å². The molecule has 24 heavy (non-hydrogen) atoms. The summed E-state index contributed by atoms with van der Waals surface area (Å²) < 4.78 is 38.1. The van der Waals surface area contributed by atoms with E-state index >= 15 is 0 Å². The molecule has 3 heterocycles. The summed E-state index contributed by atoms with van der Waals surface area (Å²) in [6, 6.07) is 2.72. The molecular weight excluding hydrogens is 321 g/mol. The average Bonchev–Trinajstić information content (AvgIpc) is 2.94. The highest BCUT2D eigenvalue weighted by molar-refractivity contribution is 5.42. The lowest BCUT2D eigenvalue weighted by molar-refractivity contribution is -0.141. The maximum absolute atomic E-state index is 12.7. The van der Waals surface area contributed by atoms with E-state index in [-0.39, 0.29) is 12.0 Å². The van der Waals surface area contributed by atoms with Crippen LogP contribution in [0.1, 0.15) is 23.6 Å². The Hall–Kier alpha value is -2.45. The summed E-state index contributed by atoms with van der Waals surface area (Å²) in [7, 11) is 0. The van der Waals surface area contributed by atoms with Crippen molar-refractivity contribution in [3.8, 4) is 0 Å². The van der Waals surface area contributed by atoms with Crippen LogP contribution in [0.2, 0.25) is 0 Å². The lowest BCUT2D eigenvalue weighted by Crippen LogP contribution is -2.27. The second kappa shape index (κ2) is 6.21. The first-order valence-corrected chi connectivity index (χ1v) is 7.55. The number of halogens is 3. The highest BCUT2D eigenvalue weighted by atomic mass is 19.4. The third-order valence-electron chi connectivity index (χ3n) is 3.74. The maximum atomic E-state index is 12.7. The number of nitrogens with one attached hydrogen (secondary N) is 1. The number of rotatable bonds is 3. The van der Waals surface area contributed by atoms with E-state index in [0.717, 1.165) is 36.7 Å². The zero-order chi connectivity index (χ0) is 17.3. The van der Waals surface area contributed by atoms with Crippen LogP contribution < -0.4 is 10.2 Å². The number of nitrogens with zero attached hydrogens (tertiary/aromatic N) is 5. The summed E-state index contributed by atoms with van der Waals surface area (Å²) in [5.74, 6) is 1.52. The fraction of sp³-hybridized carbons (Fsp3) is 0.467. The maximum Gasteiger partial charge on any atom is 0.433 e. The number of aryl methyl sites for hydroxylation is 2. The minimum Gasteiger partial charge on any atom is -0.354 e. The van der Waals surface area contributed by atoms with Gasteiger partial charge in [-0.25, -0.2) is 19.9 Å². The van der Waals surface area contributed by atoms with Gasteiger partial charge in [0.2, 0.25) is 5.95 Å². The molecule has 1 unspecified atom stereocenters. The van der Waals surface area contributed by atoms with Gasteiger partial charge < -0.3 is 10.2 Å². The molecule has 0 radical (unpaired) electrons. The van der Waals surface area contributed by atoms with Crippen LogP contribution in [0.25, 0.3) is 0 Å². The first-order valence-electron chi connectivity index (χ1n) is 7.55. The summed E-state index contributed by atoms with van der Waals surface area (Å²) in [5, 5.41) is 2.98. The van der Waals surface area contributed by atoms with Crippen molar-refractivity contribution in [3.63, 3.8) is 0 Å². The molecule has 1 aliphatic rings. The van der Waals surface area contributed by atoms with Gasteiger partial charge in [-0.2, -0.15) is 13.2 Å². The largest absolute Gasteiger partial charge is 0.433 e. The van der Waals surface area contributed by atoms with Crippen LogP contribution in [0.3, 0.4) is 0 Å². The molecule has 0 saturated carbocycles. The molecule has 1 aliphatic heterocycles. The Bertz CT molecular complexity index is 713. The van der Waals surface area contributed by atoms with Crippen LogP contribution in [-0.2, 0) is 6.18 Å². The predicted octanol–water partition coefficient (Wildman–Crippen LogP) is 2.59. The van der Waals surface area contributed by atoms with Gasteiger partial charge in [0.25, 0.3) is 0 Å². The van der Waals surface area contributed by atoms with Crippen LogP contribution in [-0.4, -0.2) is 39.1 Å². The molecular formula is C15H17F3N6. The first-order chi connectivity index (χ1) is 11.3. The Morgan fingerprint density at radius 3 is 2.71 bits per heavy atom. The molecule has 1 saturated heterocycles. The van der Waals surface area contributed by atoms with Gasteiger partial charge in [0.1, 0.15) is 17.3 Å². The normalized spacial score (nSPS) is 18.0. The molecule has 0 aromatic carbocycles. The first kappa shape index (κ1) is 16.4. The smallest absolute Gasteiger partial charge is 0.354 e. The van der Waals surface area contributed by atoms with Gasteiger partial charge in [-0.3, -0.25) is 0 Å². The number of anilines is 2. The standard InChI is InChI=1S/C15H17F3N6/c1-9-7-13(21-10(2)20-9)24-6-4-11(8-24)22-14-19-5-3-12(23-14)15(16,17)18/h3,5,7,11H,4,6,8H2,1-2H3,(H,19,22,23). The zero-order valence-electron chi connectivity index (χ0n) is 13.3. The molecule has 6 nitrogen and oxygen atoms in total. The van der Waals surface area contributed by atoms with Crippen molar-refractivity contribution in [2.24, 2.45) is 0 Å². The van der Waals surface area contributed by atoms with Crippen molar-refractivity contribution in [1.29, 1.82) is 0 Å². The molecule has 1 atom stereocenters. The minimum absolute atomic E-state index is 0.00766. The number of hydrogen-bond donors (Lipinski definition) is 1. The van der Waals surface area contributed by atoms with Crippen molar-refractivity contribution in [2.45, 2.75) is 32.5 Å². The molecule has 0 bridgehead atoms. The Morgan fingerprint density at radius 1 is 1.21 bits per heavy atom. The molecule has 0 amide bonds. The second-order valence-corrected chi connectivity index (χ2v) is 5.75. The Morgan fingerprint density at radius 2 is 2.00 bits per heavy atom. The van der Waals surface area contributed by atoms with Crippen molar-refractivity contribution in [2.75, 3.05) is 23.3 Å². The fourth-order valence-corrected chi connectivity index (χ4v) is 2.71. The van der Waals surface area contributed by atoms with Gasteiger partial charge in [0.15, 0.2) is 0 Å². The van der Waals surface area contributed by atoms with Gasteiger partial charge in [0, 0.05) is 37.1 Å². The topological polar surface area (TPSA) is 66.8 Å². The SMILES string of the molecule is Cc1cc(N2CCC(Nc3nccc(C(F)(F)F)n3)C2)nc(C)n1. The Labute approximate surface area is 137 Å². The highest BCUT2D eigenvalue weighted by Crippen LogP contribution is 2.28. The van der Waals surface area contributed by atoms with Gasteiger partial charge in [0.05, 0.1) is 0 Å². The van der Waals surface area contributed by atoms with E-state index in [2.05, 4.69) is 30.2 Å². The number of alkyl halides is 3. The minimum atomic E-state index is -4.48. The second-order valence-electron chi connectivity index (χ2n) is 5.75. The van der Waals surface area contributed by atoms with Crippen LogP contribution in [0, 0.1) is 13.8 Å². The molecule has 2 aromatic rings. The molecule has 128 valence electrons. The summed E-state index contributed by atoms with van der Waals surface area (Å²) in [6.07, 6.45) is -2.60. The van der Waals surface area contributed by atoms with Crippen molar-refractivity contribution < 1.29 is 13.2 Å². The molecule has 0 spiro atoms. The lowest BCUT2D eigenvalue weighted by atomic mass is 10.3. The Balaban J connectivity index is 1.68. The van der Waals surface area contributed by atoms with E-state index in [1.165, 1.54) is 0 Å². The van der Waals surface area contributed by atoms with E-state index in [4.69, 9.17) is 0 Å². The van der Waals surface area contributed by atoms with Crippen molar-refractivity contribution in [3.05, 3.63) is 35.5 Å². The van der Waals surface area contributed by atoms with Gasteiger partial charge >= 0.3 is 6.18 Å². The van der Waals surface area contributed by atoms with Gasteiger partial charge in [-0.05, 0) is 26.3 Å². The number of hydrogen-bond acceptors (Lipinski definition) is 6. The lowest BCUT2D eigenvalue weighted by Gasteiger charge is -2.18. The van der Waals surface area contributed by atoms with Crippen LogP contribution >= 0.6 is 0 Å². The third kappa shape index (κ3) is 3.72. The van der Waals surface area contributed by atoms with E-state index in [9.17, 15) is 13.2 Å². The van der Waals surface area contributed by atoms with Gasteiger partial charge in [-0.15, -0.1) is 0 Å². The summed E-state index contributed by atoms with van der Waals surface area (Å²) in [4.78, 5) is 18.2. The number of aromatic nitrogens is 4. The fourth-order valence-electron chi connectivity index (χ4n) is 2.71. The molecule has 1 N–H and O–H groups in total. The van der Waals surface area contributed by atoms with E-state index < -0.39 is 11.9 Å². The van der Waals surface area contributed by atoms with Crippen LogP contribution in [0.5, 0.6) is 0 Å². The molecule has 2 aromatic heterocycles. The van der Waals surface area contributed by atoms with E-state index in [1.54, 1.807) is 0 Å². The average molecular weight is 338 g/mol. The quantitative estimate of drug-likeness (QED) is 0.928. The molecule has 9 heteroatoms. The molecule has 1 fully saturated rings. The predicted molar refractivity (Wildman–Crippen MR) is 82.8 cm³/mol. The zero-order valence-corrected chi connectivity index (χ0v) is 13.3. The summed E-state index contributed by atoms with van der Waals surface area (Å²) in [5.41, 5.74) is -0.0629. The Kier molecular flexibility index (Phi) is 4.25. The monoisotopic (exact) mass is 338 g/mol. The van der Waals surface area contributed by atoms with Crippen molar-refractivity contribution in [1.82, 2.24) is 19.9 Å². The third-order valence-corrected chi connectivity index (χ3v) is 3.74. The highest BCUT2D eigenvalue weighted by Gasteiger charge is 2.33. The molecule has 0 aliphatic carbocycles. The van der Waals surface area contributed by atoms with Crippen molar-refractivity contribution >= 4 is 11.8 Å². The summed E-state index contributed by atoms with van der Waals surface area (Å²) >= 11 is 0. The van der Waals surface area contributed by atoms with Gasteiger partial charge in [-0.1, -0.05) is 0 Å². The summed E-state index contributed by atoms with van der Waals surface area (Å²) in [6.45, 7) is 5.11. The van der Waals surface area contributed by atoms with E-state index in [0.29, 0.717) is 12.4 Å². The molecule has 3 rings (SSSR count). The van der Waals surface area contributed by atoms with Crippen LogP contribution in [0.15, 0.2) is 18.3 Å².